The van der Waals surface area contributed by atoms with Crippen molar-refractivity contribution < 1.29 is 19.4 Å². The molecule has 0 aliphatic rings. The van der Waals surface area contributed by atoms with Gasteiger partial charge in [-0.25, -0.2) is 9.59 Å². The van der Waals surface area contributed by atoms with E-state index in [0.29, 0.717) is 13.1 Å². The molecule has 19 heavy (non-hydrogen) atoms. The lowest BCUT2D eigenvalue weighted by molar-refractivity contribution is -0.142. The number of carboxylic acid groups (broad SMARTS) is 1. The van der Waals surface area contributed by atoms with Crippen LogP contribution in [0.25, 0.3) is 0 Å². The number of hydrogen-bond acceptors (Lipinski definition) is 4. The SMILES string of the molecule is Cc1cnn(CCNC(=O)NCCOCC(=O)O)c1. The van der Waals surface area contributed by atoms with E-state index in [1.807, 2.05) is 13.1 Å². The van der Waals surface area contributed by atoms with Gasteiger partial charge in [-0.15, -0.1) is 0 Å². The van der Waals surface area contributed by atoms with Crippen LogP contribution in [0.4, 0.5) is 4.79 Å². The molecule has 0 bridgehead atoms. The Bertz CT molecular complexity index is 419. The van der Waals surface area contributed by atoms with Gasteiger partial charge in [-0.2, -0.15) is 5.10 Å². The lowest BCUT2D eigenvalue weighted by Crippen LogP contribution is -2.39. The van der Waals surface area contributed by atoms with Crippen LogP contribution in [0.15, 0.2) is 12.4 Å². The smallest absolute Gasteiger partial charge is 0.329 e. The van der Waals surface area contributed by atoms with Gasteiger partial charge in [-0.1, -0.05) is 0 Å². The standard InChI is InChI=1S/C11H18N4O4/c1-9-6-14-15(7-9)4-2-12-11(18)13-3-5-19-8-10(16)17/h6-7H,2-5,8H2,1H3,(H,16,17)(H2,12,13,18). The van der Waals surface area contributed by atoms with Gasteiger partial charge in [-0.3, -0.25) is 4.68 Å². The molecule has 1 aromatic rings. The quantitative estimate of drug-likeness (QED) is 0.557. The van der Waals surface area contributed by atoms with Gasteiger partial charge in [0.05, 0.1) is 19.3 Å². The number of rotatable bonds is 8. The maximum atomic E-state index is 11.3. The molecule has 0 aliphatic carbocycles. The zero-order valence-corrected chi connectivity index (χ0v) is 10.8. The first-order valence-electron chi connectivity index (χ1n) is 5.88. The summed E-state index contributed by atoms with van der Waals surface area (Å²) < 4.78 is 6.51. The highest BCUT2D eigenvalue weighted by Crippen LogP contribution is 1.92. The van der Waals surface area contributed by atoms with Gasteiger partial charge in [0.2, 0.25) is 0 Å². The molecule has 0 atom stereocenters. The van der Waals surface area contributed by atoms with Crippen molar-refractivity contribution in [3.63, 3.8) is 0 Å². The van der Waals surface area contributed by atoms with Gasteiger partial charge >= 0.3 is 12.0 Å². The van der Waals surface area contributed by atoms with Crippen LogP contribution in [-0.2, 0) is 16.1 Å². The first kappa shape index (κ1) is 15.0. The number of carbonyl (C=O) groups is 2. The molecule has 0 unspecified atom stereocenters. The molecule has 8 heteroatoms. The lowest BCUT2D eigenvalue weighted by Gasteiger charge is -2.07. The molecule has 1 heterocycles. The molecule has 3 N–H and O–H groups in total. The van der Waals surface area contributed by atoms with Crippen LogP contribution >= 0.6 is 0 Å². The van der Waals surface area contributed by atoms with Crippen LogP contribution < -0.4 is 10.6 Å². The van der Waals surface area contributed by atoms with Crippen molar-refractivity contribution >= 4 is 12.0 Å². The van der Waals surface area contributed by atoms with E-state index in [4.69, 9.17) is 9.84 Å². The minimum atomic E-state index is -1.03. The second-order valence-electron chi connectivity index (χ2n) is 3.91. The largest absolute Gasteiger partial charge is 0.480 e. The van der Waals surface area contributed by atoms with Crippen molar-refractivity contribution in [1.29, 1.82) is 0 Å². The number of aliphatic carboxylic acids is 1. The third-order valence-electron chi connectivity index (χ3n) is 2.15. The molecule has 2 amide bonds. The van der Waals surface area contributed by atoms with E-state index in [-0.39, 0.29) is 25.8 Å². The first-order chi connectivity index (χ1) is 9.08. The average Bonchev–Trinajstić information content (AvgIpc) is 2.74. The number of nitrogens with one attached hydrogen (secondary N) is 2. The Labute approximate surface area is 110 Å². The average molecular weight is 270 g/mol. The highest BCUT2D eigenvalue weighted by molar-refractivity contribution is 5.73. The number of carbonyl (C=O) groups excluding carboxylic acids is 1. The van der Waals surface area contributed by atoms with Crippen LogP contribution in [0, 0.1) is 6.92 Å². The molecule has 106 valence electrons. The van der Waals surface area contributed by atoms with Crippen molar-refractivity contribution in [2.24, 2.45) is 0 Å². The number of aromatic nitrogens is 2. The predicted molar refractivity (Wildman–Crippen MR) is 66.8 cm³/mol. The van der Waals surface area contributed by atoms with Gasteiger partial charge in [0, 0.05) is 19.3 Å². The fraction of sp³-hybridized carbons (Fsp3) is 0.545. The molecule has 0 radical (unpaired) electrons. The highest BCUT2D eigenvalue weighted by atomic mass is 16.5. The Morgan fingerprint density at radius 2 is 2.16 bits per heavy atom. The van der Waals surface area contributed by atoms with E-state index in [9.17, 15) is 9.59 Å². The maximum Gasteiger partial charge on any atom is 0.329 e. The van der Waals surface area contributed by atoms with Crippen molar-refractivity contribution in [2.75, 3.05) is 26.3 Å². The second kappa shape index (κ2) is 8.09. The monoisotopic (exact) mass is 270 g/mol. The molecular formula is C11H18N4O4. The summed E-state index contributed by atoms with van der Waals surface area (Å²) in [7, 11) is 0. The van der Waals surface area contributed by atoms with Gasteiger partial charge < -0.3 is 20.5 Å². The van der Waals surface area contributed by atoms with Crippen molar-refractivity contribution in [3.05, 3.63) is 18.0 Å². The van der Waals surface area contributed by atoms with E-state index in [2.05, 4.69) is 15.7 Å². The molecule has 0 aromatic carbocycles. The van der Waals surface area contributed by atoms with Crippen molar-refractivity contribution in [1.82, 2.24) is 20.4 Å². The number of ether oxygens (including phenoxy) is 1. The van der Waals surface area contributed by atoms with E-state index in [0.717, 1.165) is 5.56 Å². The van der Waals surface area contributed by atoms with Crippen LogP contribution in [0.1, 0.15) is 5.56 Å². The molecular weight excluding hydrogens is 252 g/mol. The topological polar surface area (TPSA) is 105 Å². The predicted octanol–water partition coefficient (Wildman–Crippen LogP) is -0.408. The summed E-state index contributed by atoms with van der Waals surface area (Å²) >= 11 is 0. The molecule has 0 aliphatic heterocycles. The molecule has 1 aromatic heterocycles. The number of carboxylic acids is 1. The summed E-state index contributed by atoms with van der Waals surface area (Å²) in [5.74, 6) is -1.03. The van der Waals surface area contributed by atoms with Gasteiger partial charge in [-0.05, 0) is 12.5 Å². The first-order valence-corrected chi connectivity index (χ1v) is 5.88. The van der Waals surface area contributed by atoms with Crippen molar-refractivity contribution in [3.8, 4) is 0 Å². The minimum absolute atomic E-state index is 0.165. The molecule has 0 spiro atoms. The van der Waals surface area contributed by atoms with E-state index < -0.39 is 5.97 Å². The summed E-state index contributed by atoms with van der Waals surface area (Å²) in [5.41, 5.74) is 1.07. The lowest BCUT2D eigenvalue weighted by atomic mass is 10.4. The number of amides is 2. The molecule has 0 saturated heterocycles. The Kier molecular flexibility index (Phi) is 6.37. The number of nitrogens with zero attached hydrogens (tertiary/aromatic N) is 2. The van der Waals surface area contributed by atoms with Gasteiger partial charge in [0.1, 0.15) is 6.61 Å². The molecule has 0 fully saturated rings. The fourth-order valence-electron chi connectivity index (χ4n) is 1.33. The van der Waals surface area contributed by atoms with Crippen molar-refractivity contribution in [2.45, 2.75) is 13.5 Å². The molecule has 0 saturated carbocycles. The Balaban J connectivity index is 2.00. The highest BCUT2D eigenvalue weighted by Gasteiger charge is 2.00. The van der Waals surface area contributed by atoms with Gasteiger partial charge in [0.25, 0.3) is 0 Å². The molecule has 8 nitrogen and oxygen atoms in total. The van der Waals surface area contributed by atoms with Crippen LogP contribution in [0.3, 0.4) is 0 Å². The normalized spacial score (nSPS) is 10.2. The summed E-state index contributed by atoms with van der Waals surface area (Å²) in [4.78, 5) is 21.5. The second-order valence-corrected chi connectivity index (χ2v) is 3.91. The minimum Gasteiger partial charge on any atom is -0.480 e. The summed E-state index contributed by atoms with van der Waals surface area (Å²) in [5, 5.41) is 17.6. The Hall–Kier alpha value is -2.09. The zero-order valence-electron chi connectivity index (χ0n) is 10.8. The van der Waals surface area contributed by atoms with E-state index in [1.165, 1.54) is 0 Å². The summed E-state index contributed by atoms with van der Waals surface area (Å²) in [6, 6.07) is -0.317. The fourth-order valence-corrected chi connectivity index (χ4v) is 1.33. The van der Waals surface area contributed by atoms with Crippen LogP contribution in [0.5, 0.6) is 0 Å². The summed E-state index contributed by atoms with van der Waals surface area (Å²) in [6.07, 6.45) is 3.64. The number of urea groups is 1. The van der Waals surface area contributed by atoms with Crippen LogP contribution in [-0.4, -0.2) is 53.2 Å². The number of hydrogen-bond donors (Lipinski definition) is 3. The summed E-state index contributed by atoms with van der Waals surface area (Å²) in [6.45, 7) is 3.07. The Morgan fingerprint density at radius 3 is 2.79 bits per heavy atom. The third kappa shape index (κ3) is 7.04. The zero-order chi connectivity index (χ0) is 14.1. The van der Waals surface area contributed by atoms with E-state index >= 15 is 0 Å². The Morgan fingerprint density at radius 1 is 1.42 bits per heavy atom. The maximum absolute atomic E-state index is 11.3. The van der Waals surface area contributed by atoms with E-state index in [1.54, 1.807) is 10.9 Å². The third-order valence-corrected chi connectivity index (χ3v) is 2.15. The molecule has 1 rings (SSSR count). The number of aryl methyl sites for hydroxylation is 1. The van der Waals surface area contributed by atoms with Crippen LogP contribution in [0.2, 0.25) is 0 Å². The van der Waals surface area contributed by atoms with Gasteiger partial charge in [0.15, 0.2) is 0 Å².